The van der Waals surface area contributed by atoms with Crippen LogP contribution in [-0.4, -0.2) is 24.3 Å². The van der Waals surface area contributed by atoms with E-state index in [-0.39, 0.29) is 5.56 Å². The molecule has 21 heavy (non-hydrogen) atoms. The van der Waals surface area contributed by atoms with Crippen LogP contribution in [0, 0.1) is 3.57 Å². The third kappa shape index (κ3) is 4.78. The number of carboxylic acids is 1. The quantitative estimate of drug-likeness (QED) is 0.567. The van der Waals surface area contributed by atoms with Crippen LogP contribution in [0.2, 0.25) is 5.02 Å². The molecule has 0 unspecified atom stereocenters. The molecule has 1 N–H and O–H groups in total. The van der Waals surface area contributed by atoms with Gasteiger partial charge in [0.25, 0.3) is 0 Å². The Morgan fingerprint density at radius 2 is 1.90 bits per heavy atom. The van der Waals surface area contributed by atoms with Crippen molar-refractivity contribution in [3.8, 4) is 11.5 Å². The van der Waals surface area contributed by atoms with Gasteiger partial charge in [-0.05, 0) is 59.0 Å². The Morgan fingerprint density at radius 1 is 1.14 bits per heavy atom. The smallest absolute Gasteiger partial charge is 0.335 e. The second kappa shape index (κ2) is 7.51. The van der Waals surface area contributed by atoms with Crippen LogP contribution < -0.4 is 9.47 Å². The lowest BCUT2D eigenvalue weighted by Gasteiger charge is -2.10. The molecule has 0 fully saturated rings. The van der Waals surface area contributed by atoms with Gasteiger partial charge in [-0.2, -0.15) is 0 Å². The molecule has 2 rings (SSSR count). The van der Waals surface area contributed by atoms with Crippen LogP contribution in [0.5, 0.6) is 11.5 Å². The summed E-state index contributed by atoms with van der Waals surface area (Å²) < 4.78 is 11.9. The van der Waals surface area contributed by atoms with Crippen LogP contribution in [0.25, 0.3) is 0 Å². The Bertz CT molecular complexity index is 645. The van der Waals surface area contributed by atoms with Crippen molar-refractivity contribution in [3.63, 3.8) is 0 Å². The number of benzene rings is 2. The zero-order valence-electron chi connectivity index (χ0n) is 10.9. The average molecular weight is 419 g/mol. The Balaban J connectivity index is 1.88. The molecule has 6 heteroatoms. The molecule has 2 aromatic rings. The summed E-state index contributed by atoms with van der Waals surface area (Å²) in [6.07, 6.45) is 0. The minimum absolute atomic E-state index is 0.196. The predicted molar refractivity (Wildman–Crippen MR) is 88.6 cm³/mol. The minimum Gasteiger partial charge on any atom is -0.490 e. The number of aromatic carboxylic acids is 1. The minimum atomic E-state index is -0.980. The van der Waals surface area contributed by atoms with E-state index in [1.807, 2.05) is 0 Å². The summed E-state index contributed by atoms with van der Waals surface area (Å²) in [5.74, 6) is 0.219. The summed E-state index contributed by atoms with van der Waals surface area (Å²) in [6.45, 7) is 0.652. The second-order valence-corrected chi connectivity index (χ2v) is 5.70. The van der Waals surface area contributed by atoms with Gasteiger partial charge in [-0.15, -0.1) is 0 Å². The summed E-state index contributed by atoms with van der Waals surface area (Å²) in [5.41, 5.74) is 0.196. The van der Waals surface area contributed by atoms with Crippen LogP contribution in [0.4, 0.5) is 0 Å². The first-order valence-electron chi connectivity index (χ1n) is 6.10. The number of carbonyl (C=O) groups is 1. The van der Waals surface area contributed by atoms with Gasteiger partial charge in [-0.25, -0.2) is 4.79 Å². The van der Waals surface area contributed by atoms with E-state index in [4.69, 9.17) is 26.2 Å². The predicted octanol–water partition coefficient (Wildman–Crippen LogP) is 4.10. The first kappa shape index (κ1) is 15.9. The number of hydrogen-bond donors (Lipinski definition) is 1. The van der Waals surface area contributed by atoms with Gasteiger partial charge in [-0.3, -0.25) is 0 Å². The van der Waals surface area contributed by atoms with Crippen LogP contribution in [0.3, 0.4) is 0 Å². The van der Waals surface area contributed by atoms with Crippen molar-refractivity contribution in [2.24, 2.45) is 0 Å². The van der Waals surface area contributed by atoms with Gasteiger partial charge < -0.3 is 14.6 Å². The molecule has 4 nitrogen and oxygen atoms in total. The lowest BCUT2D eigenvalue weighted by atomic mass is 10.2. The molecular weight excluding hydrogens is 407 g/mol. The van der Waals surface area contributed by atoms with E-state index in [2.05, 4.69) is 22.6 Å². The highest BCUT2D eigenvalue weighted by atomic mass is 127. The fourth-order valence-corrected chi connectivity index (χ4v) is 2.29. The molecular formula is C15H12ClIO4. The van der Waals surface area contributed by atoms with Crippen LogP contribution in [0.15, 0.2) is 42.5 Å². The van der Waals surface area contributed by atoms with Crippen LogP contribution in [0.1, 0.15) is 10.4 Å². The highest BCUT2D eigenvalue weighted by Crippen LogP contribution is 2.22. The largest absolute Gasteiger partial charge is 0.490 e. The van der Waals surface area contributed by atoms with Crippen LogP contribution >= 0.6 is 34.2 Å². The van der Waals surface area contributed by atoms with Gasteiger partial charge in [-0.1, -0.05) is 17.7 Å². The van der Waals surface area contributed by atoms with E-state index >= 15 is 0 Å². The molecule has 0 aliphatic heterocycles. The van der Waals surface area contributed by atoms with Crippen molar-refractivity contribution >= 4 is 40.2 Å². The molecule has 0 radical (unpaired) electrons. The van der Waals surface area contributed by atoms with Crippen molar-refractivity contribution in [1.29, 1.82) is 0 Å². The first-order chi connectivity index (χ1) is 10.1. The molecule has 0 amide bonds. The molecule has 0 aliphatic carbocycles. The second-order valence-electron chi connectivity index (χ2n) is 4.10. The molecule has 0 spiro atoms. The topological polar surface area (TPSA) is 55.8 Å². The molecule has 0 aromatic heterocycles. The Labute approximate surface area is 140 Å². The molecule has 0 heterocycles. The third-order valence-electron chi connectivity index (χ3n) is 2.58. The Morgan fingerprint density at radius 3 is 2.62 bits per heavy atom. The molecule has 0 saturated carbocycles. The summed E-state index contributed by atoms with van der Waals surface area (Å²) >= 11 is 7.95. The van der Waals surface area contributed by atoms with Crippen molar-refractivity contribution in [2.75, 3.05) is 13.2 Å². The molecule has 2 aromatic carbocycles. The van der Waals surface area contributed by atoms with Gasteiger partial charge in [0.15, 0.2) is 0 Å². The Hall–Kier alpha value is -1.47. The lowest BCUT2D eigenvalue weighted by Crippen LogP contribution is -2.10. The summed E-state index contributed by atoms with van der Waals surface area (Å²) in [6, 6.07) is 11.8. The van der Waals surface area contributed by atoms with Gasteiger partial charge in [0, 0.05) is 5.02 Å². The summed E-state index contributed by atoms with van der Waals surface area (Å²) in [7, 11) is 0. The highest BCUT2D eigenvalue weighted by molar-refractivity contribution is 14.1. The van der Waals surface area contributed by atoms with Crippen LogP contribution in [-0.2, 0) is 0 Å². The number of rotatable bonds is 6. The standard InChI is InChI=1S/C15H12ClIO4/c16-11-2-1-3-12(9-11)20-6-7-21-14-8-10(15(18)19)4-5-13(14)17/h1-5,8-9H,6-7H2,(H,18,19). The fourth-order valence-electron chi connectivity index (χ4n) is 1.61. The number of carboxylic acid groups (broad SMARTS) is 1. The molecule has 110 valence electrons. The zero-order valence-corrected chi connectivity index (χ0v) is 13.8. The van der Waals surface area contributed by atoms with Crippen molar-refractivity contribution in [2.45, 2.75) is 0 Å². The summed E-state index contributed by atoms with van der Waals surface area (Å²) in [5, 5.41) is 9.56. The van der Waals surface area contributed by atoms with Gasteiger partial charge in [0.05, 0.1) is 9.13 Å². The maximum atomic E-state index is 10.9. The van der Waals surface area contributed by atoms with E-state index < -0.39 is 5.97 Å². The SMILES string of the molecule is O=C(O)c1ccc(I)c(OCCOc2cccc(Cl)c2)c1. The molecule has 0 aliphatic rings. The first-order valence-corrected chi connectivity index (χ1v) is 7.56. The van der Waals surface area contributed by atoms with Gasteiger partial charge in [0.2, 0.25) is 0 Å². The number of halogens is 2. The maximum absolute atomic E-state index is 10.9. The average Bonchev–Trinajstić information content (AvgIpc) is 2.45. The fraction of sp³-hybridized carbons (Fsp3) is 0.133. The van der Waals surface area contributed by atoms with E-state index in [0.717, 1.165) is 3.57 Å². The highest BCUT2D eigenvalue weighted by Gasteiger charge is 2.08. The van der Waals surface area contributed by atoms with E-state index in [1.165, 1.54) is 6.07 Å². The van der Waals surface area contributed by atoms with E-state index in [1.54, 1.807) is 36.4 Å². The number of hydrogen-bond acceptors (Lipinski definition) is 3. The lowest BCUT2D eigenvalue weighted by molar-refractivity contribution is 0.0696. The van der Waals surface area contributed by atoms with Crippen molar-refractivity contribution < 1.29 is 19.4 Å². The van der Waals surface area contributed by atoms with Crippen molar-refractivity contribution in [3.05, 3.63) is 56.6 Å². The number of ether oxygens (including phenoxy) is 2. The molecule has 0 atom stereocenters. The zero-order chi connectivity index (χ0) is 15.2. The van der Waals surface area contributed by atoms with Gasteiger partial charge in [0.1, 0.15) is 24.7 Å². The molecule has 0 saturated heterocycles. The van der Waals surface area contributed by atoms with E-state index in [9.17, 15) is 4.79 Å². The monoisotopic (exact) mass is 418 g/mol. The molecule has 0 bridgehead atoms. The normalized spacial score (nSPS) is 10.2. The Kier molecular flexibility index (Phi) is 5.69. The third-order valence-corrected chi connectivity index (χ3v) is 3.71. The van der Waals surface area contributed by atoms with Crippen molar-refractivity contribution in [1.82, 2.24) is 0 Å². The van der Waals surface area contributed by atoms with E-state index in [0.29, 0.717) is 29.7 Å². The summed E-state index contributed by atoms with van der Waals surface area (Å²) in [4.78, 5) is 10.9. The maximum Gasteiger partial charge on any atom is 0.335 e. The van der Waals surface area contributed by atoms with Gasteiger partial charge >= 0.3 is 5.97 Å².